The van der Waals surface area contributed by atoms with Crippen LogP contribution in [0.3, 0.4) is 0 Å². The summed E-state index contributed by atoms with van der Waals surface area (Å²) in [5.74, 6) is 0. The number of fused-ring (bicyclic) bond motifs is 2. The number of carbonyl (C=O) groups is 1. The first-order chi connectivity index (χ1) is 9.85. The maximum absolute atomic E-state index is 11.2. The number of para-hydroxylation sites is 1. The lowest BCUT2D eigenvalue weighted by atomic mass is 10.2. The van der Waals surface area contributed by atoms with Crippen molar-refractivity contribution in [3.05, 3.63) is 59.5 Å². The highest BCUT2D eigenvalue weighted by atomic mass is 32.1. The lowest BCUT2D eigenvalue weighted by Gasteiger charge is -2.01. The zero-order chi connectivity index (χ0) is 13.5. The Bertz CT molecular complexity index is 887. The molecular weight excluding hydrogens is 270 g/mol. The Hall–Kier alpha value is -2.40. The van der Waals surface area contributed by atoms with E-state index in [4.69, 9.17) is 0 Å². The molecule has 4 aromatic rings. The fourth-order valence-corrected chi connectivity index (χ4v) is 3.25. The highest BCUT2D eigenvalue weighted by Gasteiger charge is 2.09. The van der Waals surface area contributed by atoms with Gasteiger partial charge in [0.1, 0.15) is 0 Å². The van der Waals surface area contributed by atoms with Gasteiger partial charge in [-0.05, 0) is 6.07 Å². The van der Waals surface area contributed by atoms with Gasteiger partial charge in [0.25, 0.3) is 0 Å². The highest BCUT2D eigenvalue weighted by Crippen LogP contribution is 2.21. The Morgan fingerprint density at radius 1 is 1.25 bits per heavy atom. The van der Waals surface area contributed by atoms with Crippen LogP contribution >= 0.6 is 11.3 Å². The molecule has 4 rings (SSSR count). The van der Waals surface area contributed by atoms with Crippen molar-refractivity contribution in [3.8, 4) is 0 Å². The van der Waals surface area contributed by atoms with E-state index in [1.807, 2.05) is 52.6 Å². The summed E-state index contributed by atoms with van der Waals surface area (Å²) in [6.45, 7) is 0.669. The molecular formula is C15H11N3OS. The van der Waals surface area contributed by atoms with Crippen LogP contribution in [0, 0.1) is 0 Å². The molecule has 0 spiro atoms. The lowest BCUT2D eigenvalue weighted by Crippen LogP contribution is -1.97. The van der Waals surface area contributed by atoms with Gasteiger partial charge in [-0.3, -0.25) is 9.20 Å². The number of imidazole rings is 1. The van der Waals surface area contributed by atoms with Gasteiger partial charge in [-0.1, -0.05) is 18.2 Å². The fraction of sp³-hybridized carbons (Fsp3) is 0.0667. The van der Waals surface area contributed by atoms with E-state index >= 15 is 0 Å². The summed E-state index contributed by atoms with van der Waals surface area (Å²) in [5, 5.41) is 3.00. The van der Waals surface area contributed by atoms with Gasteiger partial charge in [-0.2, -0.15) is 0 Å². The Balaban J connectivity index is 1.82. The fourth-order valence-electron chi connectivity index (χ4n) is 2.53. The number of aromatic nitrogens is 3. The first kappa shape index (κ1) is 11.4. The maximum Gasteiger partial charge on any atom is 0.193 e. The second-order valence-corrected chi connectivity index (χ2v) is 5.55. The number of rotatable bonds is 3. The molecule has 0 aliphatic rings. The van der Waals surface area contributed by atoms with Gasteiger partial charge >= 0.3 is 0 Å². The number of benzene rings is 1. The van der Waals surface area contributed by atoms with Gasteiger partial charge in [0.05, 0.1) is 12.2 Å². The summed E-state index contributed by atoms with van der Waals surface area (Å²) in [6.07, 6.45) is 6.83. The van der Waals surface area contributed by atoms with E-state index in [-0.39, 0.29) is 0 Å². The molecule has 3 heterocycles. The lowest BCUT2D eigenvalue weighted by molar-refractivity contribution is 0.112. The molecule has 20 heavy (non-hydrogen) atoms. The minimum absolute atomic E-state index is 0.669. The molecule has 0 aliphatic heterocycles. The molecule has 0 fully saturated rings. The van der Waals surface area contributed by atoms with Crippen LogP contribution in [0.4, 0.5) is 0 Å². The second kappa shape index (κ2) is 4.31. The predicted octanol–water partition coefficient (Wildman–Crippen LogP) is 3.21. The predicted molar refractivity (Wildman–Crippen MR) is 79.5 cm³/mol. The van der Waals surface area contributed by atoms with E-state index < -0.39 is 0 Å². The van der Waals surface area contributed by atoms with Gasteiger partial charge in [0.2, 0.25) is 0 Å². The van der Waals surface area contributed by atoms with Crippen LogP contribution in [0.15, 0.2) is 48.2 Å². The minimum atomic E-state index is 0.669. The van der Waals surface area contributed by atoms with Gasteiger partial charge in [-0.15, -0.1) is 11.3 Å². The van der Waals surface area contributed by atoms with Gasteiger partial charge in [0, 0.05) is 40.4 Å². The summed E-state index contributed by atoms with van der Waals surface area (Å²) >= 11 is 1.62. The Morgan fingerprint density at radius 2 is 2.15 bits per heavy atom. The average Bonchev–Trinajstić information content (AvgIpc) is 3.12. The average molecular weight is 281 g/mol. The van der Waals surface area contributed by atoms with E-state index in [0.717, 1.165) is 33.4 Å². The molecule has 0 atom stereocenters. The number of hydrogen-bond acceptors (Lipinski definition) is 3. The van der Waals surface area contributed by atoms with Crippen LogP contribution in [0.5, 0.6) is 0 Å². The third-order valence-corrected chi connectivity index (χ3v) is 4.19. The van der Waals surface area contributed by atoms with E-state index in [0.29, 0.717) is 6.54 Å². The molecule has 0 saturated carbocycles. The Kier molecular flexibility index (Phi) is 2.47. The van der Waals surface area contributed by atoms with Crippen LogP contribution < -0.4 is 0 Å². The SMILES string of the molecule is O=Cc1cn(Cc2cn3ccsc3n2)c2ccccc12. The monoisotopic (exact) mass is 281 g/mol. The van der Waals surface area contributed by atoms with Crippen LogP contribution in [0.1, 0.15) is 16.1 Å². The van der Waals surface area contributed by atoms with Crippen molar-refractivity contribution < 1.29 is 4.79 Å². The molecule has 0 bridgehead atoms. The molecule has 3 aromatic heterocycles. The summed E-state index contributed by atoms with van der Waals surface area (Å²) in [7, 11) is 0. The molecule has 0 aliphatic carbocycles. The molecule has 0 N–H and O–H groups in total. The van der Waals surface area contributed by atoms with Crippen LogP contribution in [0.25, 0.3) is 15.9 Å². The van der Waals surface area contributed by atoms with Crippen molar-refractivity contribution in [3.63, 3.8) is 0 Å². The largest absolute Gasteiger partial charge is 0.341 e. The Labute approximate surface area is 118 Å². The van der Waals surface area contributed by atoms with E-state index in [2.05, 4.69) is 9.55 Å². The maximum atomic E-state index is 11.2. The van der Waals surface area contributed by atoms with Gasteiger partial charge in [0.15, 0.2) is 11.2 Å². The normalized spacial score (nSPS) is 11.4. The molecule has 0 amide bonds. The van der Waals surface area contributed by atoms with Crippen molar-refractivity contribution in [2.75, 3.05) is 0 Å². The second-order valence-electron chi connectivity index (χ2n) is 4.67. The summed E-state index contributed by atoms with van der Waals surface area (Å²) in [4.78, 5) is 16.7. The van der Waals surface area contributed by atoms with Crippen LogP contribution in [-0.4, -0.2) is 20.2 Å². The van der Waals surface area contributed by atoms with E-state index in [1.165, 1.54) is 0 Å². The zero-order valence-electron chi connectivity index (χ0n) is 10.6. The molecule has 0 radical (unpaired) electrons. The summed E-state index contributed by atoms with van der Waals surface area (Å²) < 4.78 is 4.10. The van der Waals surface area contributed by atoms with Crippen LogP contribution in [-0.2, 0) is 6.54 Å². The van der Waals surface area contributed by atoms with Gasteiger partial charge < -0.3 is 4.57 Å². The molecule has 98 valence electrons. The van der Waals surface area contributed by atoms with Crippen molar-refractivity contribution >= 4 is 33.5 Å². The smallest absolute Gasteiger partial charge is 0.193 e. The Morgan fingerprint density at radius 3 is 3.00 bits per heavy atom. The first-order valence-corrected chi connectivity index (χ1v) is 7.17. The topological polar surface area (TPSA) is 39.3 Å². The molecule has 4 nitrogen and oxygen atoms in total. The molecule has 0 saturated heterocycles. The molecule has 0 unspecified atom stereocenters. The van der Waals surface area contributed by atoms with Crippen molar-refractivity contribution in [1.82, 2.24) is 14.0 Å². The van der Waals surface area contributed by atoms with E-state index in [9.17, 15) is 4.79 Å². The number of thiazole rings is 1. The van der Waals surface area contributed by atoms with Crippen molar-refractivity contribution in [2.24, 2.45) is 0 Å². The van der Waals surface area contributed by atoms with Crippen LogP contribution in [0.2, 0.25) is 0 Å². The van der Waals surface area contributed by atoms with Gasteiger partial charge in [-0.25, -0.2) is 4.98 Å². The quantitative estimate of drug-likeness (QED) is 0.541. The third-order valence-electron chi connectivity index (χ3n) is 3.42. The highest BCUT2D eigenvalue weighted by molar-refractivity contribution is 7.15. The number of hydrogen-bond donors (Lipinski definition) is 0. The summed E-state index contributed by atoms with van der Waals surface area (Å²) in [5.41, 5.74) is 2.78. The van der Waals surface area contributed by atoms with E-state index in [1.54, 1.807) is 11.3 Å². The minimum Gasteiger partial charge on any atom is -0.341 e. The zero-order valence-corrected chi connectivity index (χ0v) is 11.4. The third kappa shape index (κ3) is 1.67. The number of carbonyl (C=O) groups excluding carboxylic acids is 1. The molecule has 5 heteroatoms. The van der Waals surface area contributed by atoms with Crippen molar-refractivity contribution in [1.29, 1.82) is 0 Å². The molecule has 1 aromatic carbocycles. The standard InChI is InChI=1S/C15H11N3OS/c19-10-11-7-18(14-4-2-1-3-13(11)14)9-12-8-17-5-6-20-15(17)16-12/h1-8,10H,9H2. The van der Waals surface area contributed by atoms with Crippen molar-refractivity contribution in [2.45, 2.75) is 6.54 Å². The summed E-state index contributed by atoms with van der Waals surface area (Å²) in [6, 6.07) is 7.94. The number of nitrogens with zero attached hydrogens (tertiary/aromatic N) is 3. The first-order valence-electron chi connectivity index (χ1n) is 6.29. The number of aldehydes is 1.